The first-order valence-electron chi connectivity index (χ1n) is 5.10. The van der Waals surface area contributed by atoms with E-state index in [9.17, 15) is 5.11 Å². The number of hydrogen-bond donors (Lipinski definition) is 1. The number of thiazole rings is 1. The minimum Gasteiger partial charge on any atom is -0.387 e. The van der Waals surface area contributed by atoms with Crippen LogP contribution in [0.1, 0.15) is 24.5 Å². The van der Waals surface area contributed by atoms with Crippen LogP contribution in [0.25, 0.3) is 0 Å². The van der Waals surface area contributed by atoms with Crippen molar-refractivity contribution in [2.24, 2.45) is 5.92 Å². The summed E-state index contributed by atoms with van der Waals surface area (Å²) in [5.74, 6) is 0.152. The van der Waals surface area contributed by atoms with Crippen LogP contribution in [0.15, 0.2) is 5.38 Å². The molecule has 1 aromatic heterocycles. The molecule has 4 heteroatoms. The quantitative estimate of drug-likeness (QED) is 0.840. The van der Waals surface area contributed by atoms with E-state index < -0.39 is 5.60 Å². The summed E-state index contributed by atoms with van der Waals surface area (Å²) < 4.78 is 5.07. The fourth-order valence-corrected chi connectivity index (χ4v) is 2.09. The molecule has 1 aromatic rings. The third-order valence-corrected chi connectivity index (χ3v) is 3.45. The van der Waals surface area contributed by atoms with E-state index in [-0.39, 0.29) is 5.92 Å². The number of aryl methyl sites for hydroxylation is 1. The van der Waals surface area contributed by atoms with E-state index >= 15 is 0 Å². The molecular weight excluding hydrogens is 210 g/mol. The van der Waals surface area contributed by atoms with Crippen molar-refractivity contribution in [3.63, 3.8) is 0 Å². The highest BCUT2D eigenvalue weighted by Crippen LogP contribution is 2.23. The molecule has 0 aromatic carbocycles. The van der Waals surface area contributed by atoms with E-state index in [1.165, 1.54) is 0 Å². The predicted molar refractivity (Wildman–Crippen MR) is 62.2 cm³/mol. The van der Waals surface area contributed by atoms with E-state index in [0.29, 0.717) is 13.0 Å². The molecular formula is C11H19NO2S. The topological polar surface area (TPSA) is 42.4 Å². The largest absolute Gasteiger partial charge is 0.387 e. The minimum absolute atomic E-state index is 0.152. The Hall–Kier alpha value is -0.450. The van der Waals surface area contributed by atoms with Gasteiger partial charge in [-0.2, -0.15) is 0 Å². The molecule has 1 heterocycles. The summed E-state index contributed by atoms with van der Waals surface area (Å²) in [5.41, 5.74) is 0.140. The van der Waals surface area contributed by atoms with Gasteiger partial charge in [-0.05, 0) is 12.8 Å². The van der Waals surface area contributed by atoms with Gasteiger partial charge in [0.1, 0.15) is 0 Å². The van der Waals surface area contributed by atoms with Gasteiger partial charge in [0.15, 0.2) is 0 Å². The predicted octanol–water partition coefficient (Wildman–Crippen LogP) is 2.03. The van der Waals surface area contributed by atoms with Crippen LogP contribution in [-0.4, -0.2) is 29.4 Å². The number of aromatic nitrogens is 1. The molecule has 1 N–H and O–H groups in total. The lowest BCUT2D eigenvalue weighted by atomic mass is 9.87. The summed E-state index contributed by atoms with van der Waals surface area (Å²) in [6.45, 7) is 6.32. The first-order valence-corrected chi connectivity index (χ1v) is 5.98. The van der Waals surface area contributed by atoms with E-state index in [1.54, 1.807) is 18.4 Å². The normalized spacial score (nSPS) is 15.6. The molecule has 0 fully saturated rings. The van der Waals surface area contributed by atoms with E-state index in [4.69, 9.17) is 4.74 Å². The molecule has 3 nitrogen and oxygen atoms in total. The van der Waals surface area contributed by atoms with Crippen molar-refractivity contribution >= 4 is 11.3 Å². The Morgan fingerprint density at radius 3 is 2.67 bits per heavy atom. The van der Waals surface area contributed by atoms with Gasteiger partial charge in [0, 0.05) is 18.9 Å². The molecule has 0 bridgehead atoms. The zero-order chi connectivity index (χ0) is 11.5. The lowest BCUT2D eigenvalue weighted by Crippen LogP contribution is -2.42. The van der Waals surface area contributed by atoms with E-state index in [1.807, 2.05) is 26.2 Å². The molecule has 0 spiro atoms. The highest BCUT2D eigenvalue weighted by Gasteiger charge is 2.32. The number of methoxy groups -OCH3 is 1. The van der Waals surface area contributed by atoms with Crippen LogP contribution in [0.4, 0.5) is 0 Å². The molecule has 0 aliphatic heterocycles. The number of ether oxygens (including phenoxy) is 1. The van der Waals surface area contributed by atoms with Gasteiger partial charge in [-0.1, -0.05) is 13.8 Å². The van der Waals surface area contributed by atoms with Gasteiger partial charge in [0.2, 0.25) is 0 Å². The van der Waals surface area contributed by atoms with Crippen molar-refractivity contribution in [2.75, 3.05) is 13.7 Å². The van der Waals surface area contributed by atoms with Crippen molar-refractivity contribution in [3.8, 4) is 0 Å². The maximum absolute atomic E-state index is 10.4. The Morgan fingerprint density at radius 2 is 2.27 bits per heavy atom. The number of hydrogen-bond acceptors (Lipinski definition) is 4. The highest BCUT2D eigenvalue weighted by atomic mass is 32.1. The Labute approximate surface area is 95.1 Å². The van der Waals surface area contributed by atoms with Gasteiger partial charge in [0.05, 0.1) is 22.9 Å². The maximum atomic E-state index is 10.4. The molecule has 0 radical (unpaired) electrons. The molecule has 0 saturated heterocycles. The monoisotopic (exact) mass is 229 g/mol. The molecule has 15 heavy (non-hydrogen) atoms. The second-order valence-corrected chi connectivity index (χ2v) is 5.29. The average Bonchev–Trinajstić information content (AvgIpc) is 2.51. The van der Waals surface area contributed by atoms with Gasteiger partial charge < -0.3 is 9.84 Å². The van der Waals surface area contributed by atoms with Gasteiger partial charge in [-0.3, -0.25) is 0 Å². The third-order valence-electron chi connectivity index (χ3n) is 2.62. The first kappa shape index (κ1) is 12.6. The van der Waals surface area contributed by atoms with Crippen LogP contribution in [0.5, 0.6) is 0 Å². The summed E-state index contributed by atoms with van der Waals surface area (Å²) in [5, 5.41) is 13.4. The zero-order valence-electron chi connectivity index (χ0n) is 9.78. The first-order chi connectivity index (χ1) is 6.98. The van der Waals surface area contributed by atoms with Gasteiger partial charge in [-0.15, -0.1) is 11.3 Å². The third kappa shape index (κ3) is 3.26. The Bertz CT molecular complexity index is 311. The molecule has 1 rings (SSSR count). The standard InChI is InChI=1S/C11H19NO2S/c1-8(2)11(13,7-14-4)5-10-6-15-9(3)12-10/h6,8,13H,5,7H2,1-4H3. The summed E-state index contributed by atoms with van der Waals surface area (Å²) >= 11 is 1.61. The van der Waals surface area contributed by atoms with Crippen molar-refractivity contribution < 1.29 is 9.84 Å². The maximum Gasteiger partial charge on any atom is 0.0958 e. The molecule has 0 saturated carbocycles. The fraction of sp³-hybridized carbons (Fsp3) is 0.727. The summed E-state index contributed by atoms with van der Waals surface area (Å²) in [6, 6.07) is 0. The smallest absolute Gasteiger partial charge is 0.0958 e. The van der Waals surface area contributed by atoms with Crippen LogP contribution in [-0.2, 0) is 11.2 Å². The van der Waals surface area contributed by atoms with Gasteiger partial charge in [-0.25, -0.2) is 4.98 Å². The Morgan fingerprint density at radius 1 is 1.60 bits per heavy atom. The van der Waals surface area contributed by atoms with Crippen LogP contribution >= 0.6 is 11.3 Å². The second kappa shape index (κ2) is 5.05. The zero-order valence-corrected chi connectivity index (χ0v) is 10.6. The average molecular weight is 229 g/mol. The Kier molecular flexibility index (Phi) is 4.25. The molecule has 0 aliphatic rings. The lowest BCUT2D eigenvalue weighted by molar-refractivity contribution is -0.0642. The van der Waals surface area contributed by atoms with Crippen molar-refractivity contribution in [1.29, 1.82) is 0 Å². The van der Waals surface area contributed by atoms with Crippen LogP contribution < -0.4 is 0 Å². The van der Waals surface area contributed by atoms with E-state index in [0.717, 1.165) is 10.7 Å². The van der Waals surface area contributed by atoms with Crippen LogP contribution in [0, 0.1) is 12.8 Å². The number of nitrogens with zero attached hydrogens (tertiary/aromatic N) is 1. The number of rotatable bonds is 5. The molecule has 1 unspecified atom stereocenters. The summed E-state index contributed by atoms with van der Waals surface area (Å²) in [7, 11) is 1.61. The van der Waals surface area contributed by atoms with Crippen molar-refractivity contribution in [2.45, 2.75) is 32.8 Å². The van der Waals surface area contributed by atoms with Crippen molar-refractivity contribution in [3.05, 3.63) is 16.1 Å². The fourth-order valence-electron chi connectivity index (χ4n) is 1.47. The summed E-state index contributed by atoms with van der Waals surface area (Å²) in [4.78, 5) is 4.36. The minimum atomic E-state index is -0.810. The van der Waals surface area contributed by atoms with Gasteiger partial charge in [0.25, 0.3) is 0 Å². The van der Waals surface area contributed by atoms with E-state index in [2.05, 4.69) is 4.98 Å². The highest BCUT2D eigenvalue weighted by molar-refractivity contribution is 7.09. The second-order valence-electron chi connectivity index (χ2n) is 4.23. The molecule has 86 valence electrons. The molecule has 0 aliphatic carbocycles. The lowest BCUT2D eigenvalue weighted by Gasteiger charge is -2.30. The SMILES string of the molecule is COCC(O)(Cc1csc(C)n1)C(C)C. The molecule has 0 amide bonds. The van der Waals surface area contributed by atoms with Crippen LogP contribution in [0.2, 0.25) is 0 Å². The summed E-state index contributed by atoms with van der Waals surface area (Å²) in [6.07, 6.45) is 0.558. The molecule has 1 atom stereocenters. The van der Waals surface area contributed by atoms with Crippen LogP contribution in [0.3, 0.4) is 0 Å². The Balaban J connectivity index is 2.74. The van der Waals surface area contributed by atoms with Gasteiger partial charge >= 0.3 is 0 Å². The number of aliphatic hydroxyl groups is 1. The van der Waals surface area contributed by atoms with Crippen molar-refractivity contribution in [1.82, 2.24) is 4.98 Å².